The van der Waals surface area contributed by atoms with Crippen LogP contribution in [0.2, 0.25) is 0 Å². The number of carbonyl (C=O) groups excluding carboxylic acids is 1. The van der Waals surface area contributed by atoms with Gasteiger partial charge in [0.05, 0.1) is 49.1 Å². The van der Waals surface area contributed by atoms with Crippen molar-refractivity contribution in [3.63, 3.8) is 0 Å². The van der Waals surface area contributed by atoms with Gasteiger partial charge in [-0.25, -0.2) is 4.79 Å². The minimum absolute atomic E-state index is 0.327. The molecule has 0 aliphatic heterocycles. The molecule has 182 valence electrons. The molecule has 0 N–H and O–H groups in total. The molecule has 0 aliphatic carbocycles. The SMILES string of the molecule is C=CCCOc1nc(-c2cc(C(C)N(CC)C(=O)OC(C)(C)C)ncc2OC)cc2ccnn12. The highest BCUT2D eigenvalue weighted by Gasteiger charge is 2.27. The summed E-state index contributed by atoms with van der Waals surface area (Å²) in [7, 11) is 1.58. The van der Waals surface area contributed by atoms with Crippen molar-refractivity contribution in [3.05, 3.63) is 48.9 Å². The Bertz CT molecular complexity index is 1150. The van der Waals surface area contributed by atoms with Crippen molar-refractivity contribution in [3.8, 4) is 23.0 Å². The van der Waals surface area contributed by atoms with Gasteiger partial charge in [-0.2, -0.15) is 14.6 Å². The molecule has 0 saturated carbocycles. The molecule has 1 atom stereocenters. The van der Waals surface area contributed by atoms with E-state index in [1.54, 1.807) is 35.0 Å². The molecular formula is C25H33N5O4. The molecule has 0 radical (unpaired) electrons. The predicted octanol–water partition coefficient (Wildman–Crippen LogP) is 5.07. The topological polar surface area (TPSA) is 91.1 Å². The summed E-state index contributed by atoms with van der Waals surface area (Å²) in [5.41, 5.74) is 2.31. The van der Waals surface area contributed by atoms with Crippen LogP contribution in [0, 0.1) is 0 Å². The van der Waals surface area contributed by atoms with Crippen molar-refractivity contribution in [2.75, 3.05) is 20.3 Å². The number of hydrogen-bond acceptors (Lipinski definition) is 7. The van der Waals surface area contributed by atoms with Gasteiger partial charge < -0.3 is 19.1 Å². The van der Waals surface area contributed by atoms with Gasteiger partial charge in [0, 0.05) is 12.1 Å². The zero-order valence-corrected chi connectivity index (χ0v) is 20.7. The molecule has 1 amide bonds. The third-order valence-electron chi connectivity index (χ3n) is 5.16. The van der Waals surface area contributed by atoms with Crippen LogP contribution in [-0.4, -0.2) is 56.4 Å². The van der Waals surface area contributed by atoms with E-state index in [2.05, 4.69) is 16.7 Å². The molecule has 0 saturated heterocycles. The zero-order valence-electron chi connectivity index (χ0n) is 20.7. The van der Waals surface area contributed by atoms with E-state index < -0.39 is 11.7 Å². The van der Waals surface area contributed by atoms with E-state index in [0.29, 0.717) is 42.7 Å². The number of amides is 1. The standard InChI is InChI=1S/C25H33N5O4/c1-8-10-13-33-23-28-21(14-18-11-12-27-30(18)23)19-15-20(26-16-22(19)32-7)17(3)29(9-2)24(31)34-25(4,5)6/h8,11-12,14-17H,1,9-10,13H2,2-7H3. The molecule has 3 aromatic rings. The number of methoxy groups -OCH3 is 1. The third-order valence-corrected chi connectivity index (χ3v) is 5.16. The fourth-order valence-corrected chi connectivity index (χ4v) is 3.46. The summed E-state index contributed by atoms with van der Waals surface area (Å²) in [4.78, 5) is 23.7. The minimum Gasteiger partial charge on any atom is -0.494 e. The second-order valence-electron chi connectivity index (χ2n) is 8.77. The molecule has 0 aliphatic rings. The fraction of sp³-hybridized carbons (Fsp3) is 0.440. The highest BCUT2D eigenvalue weighted by atomic mass is 16.6. The van der Waals surface area contributed by atoms with Crippen LogP contribution in [0.3, 0.4) is 0 Å². The summed E-state index contributed by atoms with van der Waals surface area (Å²) in [5, 5.41) is 4.31. The Balaban J connectivity index is 2.02. The third kappa shape index (κ3) is 5.65. The molecule has 0 spiro atoms. The second-order valence-corrected chi connectivity index (χ2v) is 8.77. The maximum absolute atomic E-state index is 12.8. The van der Waals surface area contributed by atoms with Crippen LogP contribution in [0.4, 0.5) is 4.79 Å². The number of hydrogen-bond donors (Lipinski definition) is 0. The number of fused-ring (bicyclic) bond motifs is 1. The largest absolute Gasteiger partial charge is 0.494 e. The molecule has 9 nitrogen and oxygen atoms in total. The van der Waals surface area contributed by atoms with Gasteiger partial charge in [-0.05, 0) is 59.2 Å². The molecule has 0 fully saturated rings. The number of aromatic nitrogens is 4. The van der Waals surface area contributed by atoms with Gasteiger partial charge in [0.15, 0.2) is 0 Å². The van der Waals surface area contributed by atoms with Crippen molar-refractivity contribution in [2.24, 2.45) is 0 Å². The highest BCUT2D eigenvalue weighted by molar-refractivity contribution is 5.72. The Morgan fingerprint density at radius 2 is 2.09 bits per heavy atom. The average Bonchev–Trinajstić information content (AvgIpc) is 3.27. The van der Waals surface area contributed by atoms with E-state index in [1.807, 2.05) is 52.8 Å². The van der Waals surface area contributed by atoms with E-state index in [-0.39, 0.29) is 6.04 Å². The van der Waals surface area contributed by atoms with E-state index >= 15 is 0 Å². The Morgan fingerprint density at radius 1 is 1.32 bits per heavy atom. The summed E-state index contributed by atoms with van der Waals surface area (Å²) in [6, 6.07) is 5.72. The van der Waals surface area contributed by atoms with Gasteiger partial charge in [0.25, 0.3) is 0 Å². The number of nitrogens with zero attached hydrogens (tertiary/aromatic N) is 5. The second kappa shape index (κ2) is 10.5. The Kier molecular flexibility index (Phi) is 7.75. The first-order valence-electron chi connectivity index (χ1n) is 11.3. The smallest absolute Gasteiger partial charge is 0.410 e. The quantitative estimate of drug-likeness (QED) is 0.320. The molecule has 34 heavy (non-hydrogen) atoms. The highest BCUT2D eigenvalue weighted by Crippen LogP contribution is 2.33. The van der Waals surface area contributed by atoms with E-state index in [9.17, 15) is 4.79 Å². The molecular weight excluding hydrogens is 434 g/mol. The molecule has 0 aromatic carbocycles. The van der Waals surface area contributed by atoms with Gasteiger partial charge in [-0.1, -0.05) is 6.08 Å². The minimum atomic E-state index is -0.588. The first kappa shape index (κ1) is 25.0. The summed E-state index contributed by atoms with van der Waals surface area (Å²) >= 11 is 0. The van der Waals surface area contributed by atoms with Crippen LogP contribution < -0.4 is 9.47 Å². The van der Waals surface area contributed by atoms with E-state index in [0.717, 1.165) is 11.1 Å². The van der Waals surface area contributed by atoms with Gasteiger partial charge in [-0.3, -0.25) is 4.98 Å². The Labute approximate surface area is 200 Å². The summed E-state index contributed by atoms with van der Waals surface area (Å²) in [5.74, 6) is 0.560. The van der Waals surface area contributed by atoms with Gasteiger partial charge >= 0.3 is 12.1 Å². The first-order valence-corrected chi connectivity index (χ1v) is 11.3. The molecule has 1 unspecified atom stereocenters. The zero-order chi connectivity index (χ0) is 24.9. The monoisotopic (exact) mass is 467 g/mol. The average molecular weight is 468 g/mol. The van der Waals surface area contributed by atoms with Crippen LogP contribution >= 0.6 is 0 Å². The Morgan fingerprint density at radius 3 is 2.74 bits per heavy atom. The normalized spacial score (nSPS) is 12.3. The van der Waals surface area contributed by atoms with Crippen molar-refractivity contribution >= 4 is 11.6 Å². The lowest BCUT2D eigenvalue weighted by atomic mass is 10.1. The van der Waals surface area contributed by atoms with Gasteiger partial charge in [0.1, 0.15) is 11.4 Å². The molecule has 3 aromatic heterocycles. The van der Waals surface area contributed by atoms with Crippen LogP contribution in [-0.2, 0) is 4.74 Å². The molecule has 9 heteroatoms. The number of rotatable bonds is 9. The Hall–Kier alpha value is -3.62. The van der Waals surface area contributed by atoms with Crippen LogP contribution in [0.15, 0.2) is 43.2 Å². The molecule has 3 rings (SSSR count). The van der Waals surface area contributed by atoms with Crippen molar-refractivity contribution in [1.29, 1.82) is 0 Å². The summed E-state index contributed by atoms with van der Waals surface area (Å²) in [6.45, 7) is 14.0. The first-order chi connectivity index (χ1) is 16.2. The van der Waals surface area contributed by atoms with Crippen LogP contribution in [0.5, 0.6) is 11.8 Å². The fourth-order valence-electron chi connectivity index (χ4n) is 3.46. The molecule has 0 bridgehead atoms. The van der Waals surface area contributed by atoms with Gasteiger partial charge in [-0.15, -0.1) is 6.58 Å². The van der Waals surface area contributed by atoms with Crippen molar-refractivity contribution < 1.29 is 19.0 Å². The van der Waals surface area contributed by atoms with Crippen molar-refractivity contribution in [2.45, 2.75) is 52.7 Å². The lowest BCUT2D eigenvalue weighted by Gasteiger charge is -2.30. The van der Waals surface area contributed by atoms with E-state index in [1.165, 1.54) is 0 Å². The lowest BCUT2D eigenvalue weighted by Crippen LogP contribution is -2.38. The summed E-state index contributed by atoms with van der Waals surface area (Å²) in [6.07, 6.45) is 5.42. The maximum Gasteiger partial charge on any atom is 0.410 e. The van der Waals surface area contributed by atoms with Crippen LogP contribution in [0.25, 0.3) is 16.8 Å². The van der Waals surface area contributed by atoms with Crippen molar-refractivity contribution in [1.82, 2.24) is 24.5 Å². The number of carbonyl (C=O) groups is 1. The predicted molar refractivity (Wildman–Crippen MR) is 130 cm³/mol. The van der Waals surface area contributed by atoms with Gasteiger partial charge in [0.2, 0.25) is 0 Å². The van der Waals surface area contributed by atoms with E-state index in [4.69, 9.17) is 19.2 Å². The molecule has 3 heterocycles. The maximum atomic E-state index is 12.8. The lowest BCUT2D eigenvalue weighted by molar-refractivity contribution is 0.0182. The number of pyridine rings is 1. The summed E-state index contributed by atoms with van der Waals surface area (Å²) < 4.78 is 18.7. The van der Waals surface area contributed by atoms with Crippen LogP contribution in [0.1, 0.15) is 52.8 Å². The number of ether oxygens (including phenoxy) is 3.